The van der Waals surface area contributed by atoms with Crippen molar-refractivity contribution in [1.82, 2.24) is 18.7 Å². The highest BCUT2D eigenvalue weighted by Crippen LogP contribution is 2.33. The Balaban J connectivity index is 2.06. The van der Waals surface area contributed by atoms with Crippen LogP contribution in [0.2, 0.25) is 0 Å². The Morgan fingerprint density at radius 3 is 2.37 bits per heavy atom. The summed E-state index contributed by atoms with van der Waals surface area (Å²) in [6, 6.07) is 9.57. The van der Waals surface area contributed by atoms with Gasteiger partial charge in [-0.25, -0.2) is 22.9 Å². The number of hydrogen-bond donors (Lipinski definition) is 1. The molecule has 0 atom stereocenters. The van der Waals surface area contributed by atoms with E-state index in [1.165, 1.54) is 24.3 Å². The largest absolute Gasteiger partial charge is 0.478 e. The summed E-state index contributed by atoms with van der Waals surface area (Å²) in [5.41, 5.74) is -1.67. The average molecular weight is 436 g/mol. The number of halogens is 3. The molecule has 2 heterocycles. The summed E-state index contributed by atoms with van der Waals surface area (Å²) in [7, 11) is -4.40. The molecule has 8 nitrogen and oxygen atoms in total. The van der Waals surface area contributed by atoms with Crippen LogP contribution in [0.1, 0.15) is 15.9 Å². The molecule has 2 aromatic carbocycles. The predicted molar refractivity (Wildman–Crippen MR) is 97.8 cm³/mol. The van der Waals surface area contributed by atoms with E-state index in [1.54, 1.807) is 6.07 Å². The zero-order valence-electron chi connectivity index (χ0n) is 14.8. The Morgan fingerprint density at radius 1 is 1.07 bits per heavy atom. The summed E-state index contributed by atoms with van der Waals surface area (Å²) in [4.78, 5) is 15.1. The van der Waals surface area contributed by atoms with Gasteiger partial charge in [0.1, 0.15) is 0 Å². The number of carboxylic acid groups (broad SMARTS) is 1. The van der Waals surface area contributed by atoms with E-state index in [2.05, 4.69) is 10.1 Å². The van der Waals surface area contributed by atoms with Crippen LogP contribution in [0.5, 0.6) is 0 Å². The smallest absolute Gasteiger partial charge is 0.416 e. The molecule has 12 heteroatoms. The van der Waals surface area contributed by atoms with Crippen LogP contribution in [0.4, 0.5) is 13.2 Å². The molecule has 0 radical (unpaired) electrons. The predicted octanol–water partition coefficient (Wildman–Crippen LogP) is 3.18. The summed E-state index contributed by atoms with van der Waals surface area (Å²) in [6.45, 7) is 0. The van der Waals surface area contributed by atoms with Crippen molar-refractivity contribution in [2.24, 2.45) is 0 Å². The molecule has 0 aliphatic heterocycles. The van der Waals surface area contributed by atoms with Crippen LogP contribution in [0.15, 0.2) is 65.8 Å². The molecule has 0 aliphatic rings. The van der Waals surface area contributed by atoms with Crippen LogP contribution >= 0.6 is 0 Å². The van der Waals surface area contributed by atoms with Crippen molar-refractivity contribution in [3.8, 4) is 5.95 Å². The van der Waals surface area contributed by atoms with Crippen molar-refractivity contribution < 1.29 is 31.5 Å². The normalized spacial score (nSPS) is 12.4. The molecule has 0 aliphatic carbocycles. The number of aromatic carboxylic acids is 1. The second-order valence-electron chi connectivity index (χ2n) is 6.17. The molecule has 4 aromatic rings. The van der Waals surface area contributed by atoms with Gasteiger partial charge < -0.3 is 5.11 Å². The first-order valence-electron chi connectivity index (χ1n) is 8.28. The maximum atomic E-state index is 13.3. The van der Waals surface area contributed by atoms with Crippen molar-refractivity contribution >= 4 is 27.0 Å². The minimum absolute atomic E-state index is 0.0371. The molecular formula is C18H11F3N4O4S. The molecule has 0 spiro atoms. The van der Waals surface area contributed by atoms with Gasteiger partial charge in [-0.15, -0.1) is 0 Å². The minimum Gasteiger partial charge on any atom is -0.478 e. The molecule has 0 bridgehead atoms. The third kappa shape index (κ3) is 3.20. The lowest BCUT2D eigenvalue weighted by molar-refractivity contribution is -0.137. The number of alkyl halides is 3. The lowest BCUT2D eigenvalue weighted by atomic mass is 10.2. The molecule has 0 unspecified atom stereocenters. The quantitative estimate of drug-likeness (QED) is 0.527. The Bertz CT molecular complexity index is 1380. The van der Waals surface area contributed by atoms with Gasteiger partial charge in [0.25, 0.3) is 10.0 Å². The summed E-state index contributed by atoms with van der Waals surface area (Å²) >= 11 is 0. The van der Waals surface area contributed by atoms with Gasteiger partial charge in [0, 0.05) is 6.20 Å². The maximum absolute atomic E-state index is 13.3. The summed E-state index contributed by atoms with van der Waals surface area (Å²) in [5.74, 6) is -1.69. The number of rotatable bonds is 4. The van der Waals surface area contributed by atoms with Gasteiger partial charge >= 0.3 is 12.1 Å². The lowest BCUT2D eigenvalue weighted by Crippen LogP contribution is -2.18. The molecule has 0 saturated heterocycles. The fraction of sp³-hybridized carbons (Fsp3) is 0.0556. The first kappa shape index (κ1) is 19.6. The Morgan fingerprint density at radius 2 is 1.77 bits per heavy atom. The molecule has 0 saturated carbocycles. The van der Waals surface area contributed by atoms with Gasteiger partial charge in [-0.1, -0.05) is 18.2 Å². The van der Waals surface area contributed by atoms with Crippen LogP contribution in [-0.4, -0.2) is 38.2 Å². The number of carboxylic acids is 1. The van der Waals surface area contributed by atoms with Gasteiger partial charge in [0.05, 0.1) is 33.3 Å². The van der Waals surface area contributed by atoms with Gasteiger partial charge in [-0.05, 0) is 30.3 Å². The number of benzene rings is 2. The molecule has 2 aromatic heterocycles. The van der Waals surface area contributed by atoms with E-state index >= 15 is 0 Å². The number of aromatic nitrogens is 4. The SMILES string of the molecule is O=C(O)c1cnn(-c2nc3ccc(C(F)(F)F)cc3n2S(=O)(=O)c2ccccc2)c1. The first-order valence-corrected chi connectivity index (χ1v) is 9.72. The van der Waals surface area contributed by atoms with Gasteiger partial charge in [-0.2, -0.15) is 22.2 Å². The van der Waals surface area contributed by atoms with Crippen LogP contribution in [-0.2, 0) is 16.2 Å². The van der Waals surface area contributed by atoms with E-state index in [4.69, 9.17) is 5.11 Å². The highest BCUT2D eigenvalue weighted by molar-refractivity contribution is 7.90. The topological polar surface area (TPSA) is 107 Å². The van der Waals surface area contributed by atoms with Gasteiger partial charge in [0.2, 0.25) is 5.95 Å². The van der Waals surface area contributed by atoms with Gasteiger partial charge in [0.15, 0.2) is 0 Å². The van der Waals surface area contributed by atoms with Crippen molar-refractivity contribution in [2.75, 3.05) is 0 Å². The standard InChI is InChI=1S/C18H11F3N4O4S/c19-18(20,21)12-6-7-14-15(8-12)25(30(28,29)13-4-2-1-3-5-13)17(23-14)24-10-11(9-22-24)16(26)27/h1-10H,(H,26,27). The second kappa shape index (κ2) is 6.69. The zero-order chi connectivity index (χ0) is 21.7. The molecule has 30 heavy (non-hydrogen) atoms. The number of fused-ring (bicyclic) bond motifs is 1. The zero-order valence-corrected chi connectivity index (χ0v) is 15.6. The Kier molecular flexibility index (Phi) is 4.38. The monoisotopic (exact) mass is 436 g/mol. The fourth-order valence-corrected chi connectivity index (χ4v) is 4.30. The number of hydrogen-bond acceptors (Lipinski definition) is 5. The first-order chi connectivity index (χ1) is 14.1. The van der Waals surface area contributed by atoms with Crippen molar-refractivity contribution in [2.45, 2.75) is 11.1 Å². The summed E-state index contributed by atoms with van der Waals surface area (Å²) in [6.07, 6.45) is -2.71. The van der Waals surface area contributed by atoms with E-state index < -0.39 is 27.7 Å². The maximum Gasteiger partial charge on any atom is 0.416 e. The molecule has 4 rings (SSSR count). The molecule has 154 valence electrons. The molecule has 1 N–H and O–H groups in total. The number of carbonyl (C=O) groups is 1. The van der Waals surface area contributed by atoms with E-state index in [0.29, 0.717) is 10.0 Å². The van der Waals surface area contributed by atoms with Gasteiger partial charge in [-0.3, -0.25) is 0 Å². The number of imidazole rings is 1. The van der Waals surface area contributed by atoms with E-state index in [0.717, 1.165) is 29.2 Å². The van der Waals surface area contributed by atoms with Crippen molar-refractivity contribution in [3.63, 3.8) is 0 Å². The lowest BCUT2D eigenvalue weighted by Gasteiger charge is -2.11. The highest BCUT2D eigenvalue weighted by atomic mass is 32.2. The Hall–Kier alpha value is -3.67. The average Bonchev–Trinajstić information content (AvgIpc) is 3.32. The van der Waals surface area contributed by atoms with Crippen LogP contribution in [0.25, 0.3) is 17.0 Å². The van der Waals surface area contributed by atoms with E-state index in [9.17, 15) is 26.4 Å². The fourth-order valence-electron chi connectivity index (χ4n) is 2.84. The van der Waals surface area contributed by atoms with Crippen molar-refractivity contribution in [1.29, 1.82) is 0 Å². The second-order valence-corrected chi connectivity index (χ2v) is 7.96. The third-order valence-corrected chi connectivity index (χ3v) is 5.95. The summed E-state index contributed by atoms with van der Waals surface area (Å²) < 4.78 is 67.8. The van der Waals surface area contributed by atoms with Crippen LogP contribution in [0, 0.1) is 0 Å². The molecule has 0 amide bonds. The van der Waals surface area contributed by atoms with E-state index in [1.807, 2.05) is 0 Å². The number of nitrogens with zero attached hydrogens (tertiary/aromatic N) is 4. The summed E-state index contributed by atoms with van der Waals surface area (Å²) in [5, 5.41) is 12.9. The Labute approximate surface area is 166 Å². The molecule has 0 fully saturated rings. The third-order valence-electron chi connectivity index (χ3n) is 4.24. The van der Waals surface area contributed by atoms with Crippen molar-refractivity contribution in [3.05, 3.63) is 72.1 Å². The van der Waals surface area contributed by atoms with Crippen LogP contribution in [0.3, 0.4) is 0 Å². The minimum atomic E-state index is -4.71. The van der Waals surface area contributed by atoms with E-state index in [-0.39, 0.29) is 27.4 Å². The molecular weight excluding hydrogens is 425 g/mol. The highest BCUT2D eigenvalue weighted by Gasteiger charge is 2.33. The van der Waals surface area contributed by atoms with Crippen LogP contribution < -0.4 is 0 Å².